The van der Waals surface area contributed by atoms with Gasteiger partial charge in [-0.25, -0.2) is 4.98 Å². The Balaban J connectivity index is 2.67. The maximum atomic E-state index is 8.91. The molecule has 3 heteroatoms. The smallest absolute Gasteiger partial charge is 0.133 e. The lowest BCUT2D eigenvalue weighted by molar-refractivity contribution is 0.273. The number of aromatic nitrogens is 2. The van der Waals surface area contributed by atoms with Crippen molar-refractivity contribution in [2.24, 2.45) is 0 Å². The lowest BCUT2D eigenvalue weighted by Crippen LogP contribution is -1.84. The van der Waals surface area contributed by atoms with Crippen molar-refractivity contribution in [3.8, 4) is 0 Å². The summed E-state index contributed by atoms with van der Waals surface area (Å²) in [4.78, 5) is 7.36. The first-order valence-corrected chi connectivity index (χ1v) is 4.42. The summed E-state index contributed by atoms with van der Waals surface area (Å²) in [6, 6.07) is 6.03. The molecule has 0 aliphatic rings. The van der Waals surface area contributed by atoms with Crippen molar-refractivity contribution in [2.45, 2.75) is 20.0 Å². The number of nitrogens with one attached hydrogen (secondary N) is 1. The number of aryl methyl sites for hydroxylation is 1. The van der Waals surface area contributed by atoms with Crippen molar-refractivity contribution in [2.75, 3.05) is 0 Å². The summed E-state index contributed by atoms with van der Waals surface area (Å²) in [6.45, 7) is 2.07. The number of hydrogen-bond acceptors (Lipinski definition) is 2. The fourth-order valence-corrected chi connectivity index (χ4v) is 1.50. The second-order valence-electron chi connectivity index (χ2n) is 3.01. The van der Waals surface area contributed by atoms with Crippen molar-refractivity contribution in [1.82, 2.24) is 9.97 Å². The molecule has 0 bridgehead atoms. The number of aliphatic hydroxyl groups excluding tert-OH is 1. The van der Waals surface area contributed by atoms with Crippen LogP contribution in [0, 0.1) is 0 Å². The fourth-order valence-electron chi connectivity index (χ4n) is 1.50. The van der Waals surface area contributed by atoms with Gasteiger partial charge in [0.15, 0.2) is 0 Å². The van der Waals surface area contributed by atoms with Crippen LogP contribution < -0.4 is 0 Å². The first kappa shape index (κ1) is 8.26. The van der Waals surface area contributed by atoms with Gasteiger partial charge in [0, 0.05) is 0 Å². The maximum absolute atomic E-state index is 8.91. The quantitative estimate of drug-likeness (QED) is 0.730. The summed E-state index contributed by atoms with van der Waals surface area (Å²) < 4.78 is 0. The molecule has 1 aromatic heterocycles. The van der Waals surface area contributed by atoms with Gasteiger partial charge in [-0.2, -0.15) is 0 Å². The standard InChI is InChI=1S/C10H12N2O/c1-2-7-4-3-5-8-10(7)12-9(6-13)11-8/h3-5,13H,2,6H2,1H3,(H,11,12). The number of nitrogens with zero attached hydrogens (tertiary/aromatic N) is 1. The van der Waals surface area contributed by atoms with Gasteiger partial charge >= 0.3 is 0 Å². The van der Waals surface area contributed by atoms with Crippen LogP contribution in [0.2, 0.25) is 0 Å². The summed E-state index contributed by atoms with van der Waals surface area (Å²) in [7, 11) is 0. The Morgan fingerprint density at radius 3 is 3.00 bits per heavy atom. The van der Waals surface area contributed by atoms with Crippen LogP contribution in [0.1, 0.15) is 18.3 Å². The number of imidazole rings is 1. The Labute approximate surface area is 76.4 Å². The molecule has 0 aliphatic carbocycles. The molecule has 0 spiro atoms. The summed E-state index contributed by atoms with van der Waals surface area (Å²) in [5, 5.41) is 8.91. The van der Waals surface area contributed by atoms with Crippen LogP contribution in [0.3, 0.4) is 0 Å². The van der Waals surface area contributed by atoms with E-state index in [1.807, 2.05) is 12.1 Å². The lowest BCUT2D eigenvalue weighted by Gasteiger charge is -1.95. The van der Waals surface area contributed by atoms with Gasteiger partial charge in [0.25, 0.3) is 0 Å². The normalized spacial score (nSPS) is 10.9. The molecule has 0 amide bonds. The molecule has 13 heavy (non-hydrogen) atoms. The Hall–Kier alpha value is -1.35. The molecule has 0 fully saturated rings. The topological polar surface area (TPSA) is 48.9 Å². The summed E-state index contributed by atoms with van der Waals surface area (Å²) in [6.07, 6.45) is 0.965. The highest BCUT2D eigenvalue weighted by Crippen LogP contribution is 2.16. The lowest BCUT2D eigenvalue weighted by atomic mass is 10.1. The largest absolute Gasteiger partial charge is 0.388 e. The van der Waals surface area contributed by atoms with Crippen molar-refractivity contribution in [1.29, 1.82) is 0 Å². The van der Waals surface area contributed by atoms with Crippen LogP contribution in [0.25, 0.3) is 11.0 Å². The highest BCUT2D eigenvalue weighted by molar-refractivity contribution is 5.78. The van der Waals surface area contributed by atoms with Crippen LogP contribution in [0.4, 0.5) is 0 Å². The minimum Gasteiger partial charge on any atom is -0.388 e. The van der Waals surface area contributed by atoms with Crippen LogP contribution in [0.5, 0.6) is 0 Å². The molecule has 0 atom stereocenters. The zero-order valence-corrected chi connectivity index (χ0v) is 7.54. The van der Waals surface area contributed by atoms with E-state index in [1.165, 1.54) is 5.56 Å². The second kappa shape index (κ2) is 3.18. The number of aromatic amines is 1. The summed E-state index contributed by atoms with van der Waals surface area (Å²) in [5.74, 6) is 0.635. The van der Waals surface area contributed by atoms with E-state index in [0.717, 1.165) is 17.5 Å². The van der Waals surface area contributed by atoms with Gasteiger partial charge in [0.1, 0.15) is 12.4 Å². The van der Waals surface area contributed by atoms with E-state index in [9.17, 15) is 0 Å². The summed E-state index contributed by atoms with van der Waals surface area (Å²) >= 11 is 0. The van der Waals surface area contributed by atoms with Gasteiger partial charge < -0.3 is 10.1 Å². The van der Waals surface area contributed by atoms with Crippen LogP contribution in [-0.2, 0) is 13.0 Å². The third-order valence-corrected chi connectivity index (χ3v) is 2.18. The number of rotatable bonds is 2. The van der Waals surface area contributed by atoms with Crippen LogP contribution >= 0.6 is 0 Å². The third-order valence-electron chi connectivity index (χ3n) is 2.18. The Kier molecular flexibility index (Phi) is 2.02. The van der Waals surface area contributed by atoms with E-state index in [-0.39, 0.29) is 6.61 Å². The maximum Gasteiger partial charge on any atom is 0.133 e. The minimum atomic E-state index is -0.0299. The average molecular weight is 176 g/mol. The molecular formula is C10H12N2O. The van der Waals surface area contributed by atoms with E-state index < -0.39 is 0 Å². The van der Waals surface area contributed by atoms with Gasteiger partial charge in [-0.15, -0.1) is 0 Å². The second-order valence-corrected chi connectivity index (χ2v) is 3.01. The van der Waals surface area contributed by atoms with E-state index in [1.54, 1.807) is 0 Å². The van der Waals surface area contributed by atoms with Crippen molar-refractivity contribution in [3.63, 3.8) is 0 Å². The molecule has 2 rings (SSSR count). The van der Waals surface area contributed by atoms with Gasteiger partial charge in [0.05, 0.1) is 11.0 Å². The van der Waals surface area contributed by atoms with Crippen molar-refractivity contribution < 1.29 is 5.11 Å². The molecular weight excluding hydrogens is 164 g/mol. The zero-order valence-electron chi connectivity index (χ0n) is 7.54. The molecule has 68 valence electrons. The summed E-state index contributed by atoms with van der Waals surface area (Å²) in [5.41, 5.74) is 3.20. The SMILES string of the molecule is CCc1cccc2[nH]c(CO)nc12. The van der Waals surface area contributed by atoms with Gasteiger partial charge in [-0.05, 0) is 18.1 Å². The van der Waals surface area contributed by atoms with Crippen LogP contribution in [0.15, 0.2) is 18.2 Å². The average Bonchev–Trinajstić information content (AvgIpc) is 2.59. The van der Waals surface area contributed by atoms with E-state index in [2.05, 4.69) is 23.0 Å². The monoisotopic (exact) mass is 176 g/mol. The number of aliphatic hydroxyl groups is 1. The predicted octanol–water partition coefficient (Wildman–Crippen LogP) is 1.62. The number of benzene rings is 1. The van der Waals surface area contributed by atoms with Crippen LogP contribution in [-0.4, -0.2) is 15.1 Å². The molecule has 1 heterocycles. The molecule has 0 radical (unpaired) electrons. The molecule has 0 saturated heterocycles. The van der Waals surface area contributed by atoms with Gasteiger partial charge in [-0.3, -0.25) is 0 Å². The Morgan fingerprint density at radius 1 is 1.46 bits per heavy atom. The Morgan fingerprint density at radius 2 is 2.31 bits per heavy atom. The fraction of sp³-hybridized carbons (Fsp3) is 0.300. The predicted molar refractivity (Wildman–Crippen MR) is 51.4 cm³/mol. The molecule has 3 nitrogen and oxygen atoms in total. The first-order chi connectivity index (χ1) is 6.35. The van der Waals surface area contributed by atoms with Gasteiger partial charge in [-0.1, -0.05) is 19.1 Å². The highest BCUT2D eigenvalue weighted by Gasteiger charge is 2.04. The molecule has 2 aromatic rings. The van der Waals surface area contributed by atoms with Crippen molar-refractivity contribution >= 4 is 11.0 Å². The molecule has 0 unspecified atom stereocenters. The minimum absolute atomic E-state index is 0.0299. The number of fused-ring (bicyclic) bond motifs is 1. The van der Waals surface area contributed by atoms with E-state index in [0.29, 0.717) is 5.82 Å². The first-order valence-electron chi connectivity index (χ1n) is 4.42. The van der Waals surface area contributed by atoms with Crippen molar-refractivity contribution in [3.05, 3.63) is 29.6 Å². The third kappa shape index (κ3) is 1.31. The molecule has 0 aliphatic heterocycles. The van der Waals surface area contributed by atoms with Gasteiger partial charge in [0.2, 0.25) is 0 Å². The molecule has 2 N–H and O–H groups in total. The number of H-pyrrole nitrogens is 1. The van der Waals surface area contributed by atoms with E-state index in [4.69, 9.17) is 5.11 Å². The van der Waals surface area contributed by atoms with E-state index >= 15 is 0 Å². The number of para-hydroxylation sites is 1. The Bertz CT molecular complexity index is 420. The molecule has 1 aromatic carbocycles. The highest BCUT2D eigenvalue weighted by atomic mass is 16.3. The zero-order chi connectivity index (χ0) is 9.26. The molecule has 0 saturated carbocycles. The number of hydrogen-bond donors (Lipinski definition) is 2.